The van der Waals surface area contributed by atoms with E-state index in [1.165, 1.54) is 17.2 Å². The normalized spacial score (nSPS) is 33.4. The van der Waals surface area contributed by atoms with Crippen LogP contribution in [0.4, 0.5) is 0 Å². The molecule has 9 nitrogen and oxygen atoms in total. The van der Waals surface area contributed by atoms with Crippen LogP contribution in [-0.2, 0) is 14.2 Å². The number of aromatic nitrogens is 4. The first kappa shape index (κ1) is 13.8. The van der Waals surface area contributed by atoms with Gasteiger partial charge in [0.05, 0.1) is 12.9 Å². The van der Waals surface area contributed by atoms with Crippen molar-refractivity contribution in [3.8, 4) is 0 Å². The molecule has 0 radical (unpaired) electrons. The average molecular weight is 308 g/mol. The van der Waals surface area contributed by atoms with E-state index >= 15 is 0 Å². The number of aliphatic hydroxyl groups is 1. The van der Waals surface area contributed by atoms with E-state index in [0.717, 1.165) is 0 Å². The predicted octanol–water partition coefficient (Wildman–Crippen LogP) is -0.471. The molecule has 0 spiro atoms. The summed E-state index contributed by atoms with van der Waals surface area (Å²) in [4.78, 5) is 23.4. The van der Waals surface area contributed by atoms with Crippen LogP contribution in [0.5, 0.6) is 0 Å². The fraction of sp³-hybridized carbons (Fsp3) is 0.615. The molecule has 4 atom stereocenters. The van der Waals surface area contributed by atoms with Gasteiger partial charge in [0.15, 0.2) is 23.2 Å². The van der Waals surface area contributed by atoms with E-state index in [9.17, 15) is 9.90 Å². The van der Waals surface area contributed by atoms with Gasteiger partial charge in [-0.2, -0.15) is 0 Å². The number of hydrogen-bond acceptors (Lipinski definition) is 7. The number of nitrogens with one attached hydrogen (secondary N) is 1. The average Bonchev–Trinajstić information content (AvgIpc) is 3.12. The summed E-state index contributed by atoms with van der Waals surface area (Å²) >= 11 is 0. The first-order valence-electron chi connectivity index (χ1n) is 7.02. The SMILES string of the molecule is CC1(C)O[C@@H]2[C@H](O1)[C@@H](CO)O[C@H]2n1cnc2nc[nH]c2c1=O. The highest BCUT2D eigenvalue weighted by Crippen LogP contribution is 2.42. The lowest BCUT2D eigenvalue weighted by molar-refractivity contribution is -0.200. The lowest BCUT2D eigenvalue weighted by Gasteiger charge is -2.24. The summed E-state index contributed by atoms with van der Waals surface area (Å²) in [5.74, 6) is -0.792. The number of fused-ring (bicyclic) bond motifs is 2. The van der Waals surface area contributed by atoms with Crippen LogP contribution in [0.15, 0.2) is 17.4 Å². The maximum Gasteiger partial charge on any atom is 0.281 e. The zero-order chi connectivity index (χ0) is 15.5. The summed E-state index contributed by atoms with van der Waals surface area (Å²) < 4.78 is 18.7. The summed E-state index contributed by atoms with van der Waals surface area (Å²) in [6.45, 7) is 3.36. The number of aromatic amines is 1. The summed E-state index contributed by atoms with van der Waals surface area (Å²) in [5.41, 5.74) is 0.338. The molecule has 9 heteroatoms. The maximum atomic E-state index is 12.5. The molecule has 2 aromatic heterocycles. The van der Waals surface area contributed by atoms with E-state index in [2.05, 4.69) is 15.0 Å². The Morgan fingerprint density at radius 3 is 2.91 bits per heavy atom. The lowest BCUT2D eigenvalue weighted by Crippen LogP contribution is -2.34. The monoisotopic (exact) mass is 308 g/mol. The Labute approximate surface area is 124 Å². The van der Waals surface area contributed by atoms with Crippen LogP contribution in [-0.4, -0.2) is 55.3 Å². The number of H-pyrrole nitrogens is 1. The Hall–Kier alpha value is -1.81. The highest BCUT2D eigenvalue weighted by Gasteiger charge is 2.55. The third kappa shape index (κ3) is 1.90. The van der Waals surface area contributed by atoms with Crippen molar-refractivity contribution in [1.29, 1.82) is 0 Å². The molecule has 22 heavy (non-hydrogen) atoms. The zero-order valence-corrected chi connectivity index (χ0v) is 12.1. The third-order valence-electron chi connectivity index (χ3n) is 3.95. The van der Waals surface area contributed by atoms with Gasteiger partial charge >= 0.3 is 0 Å². The van der Waals surface area contributed by atoms with E-state index in [0.29, 0.717) is 11.2 Å². The van der Waals surface area contributed by atoms with Gasteiger partial charge in [0.25, 0.3) is 5.56 Å². The van der Waals surface area contributed by atoms with Crippen molar-refractivity contribution in [1.82, 2.24) is 19.5 Å². The molecule has 2 saturated heterocycles. The van der Waals surface area contributed by atoms with Gasteiger partial charge in [0.1, 0.15) is 24.6 Å². The van der Waals surface area contributed by atoms with Crippen LogP contribution in [0, 0.1) is 0 Å². The Morgan fingerprint density at radius 1 is 1.36 bits per heavy atom. The molecular formula is C13H16N4O5. The molecule has 0 aromatic carbocycles. The number of rotatable bonds is 2. The van der Waals surface area contributed by atoms with E-state index in [-0.39, 0.29) is 12.2 Å². The molecule has 0 amide bonds. The van der Waals surface area contributed by atoms with Crippen molar-refractivity contribution in [3.05, 3.63) is 23.0 Å². The molecule has 0 aliphatic carbocycles. The first-order valence-corrected chi connectivity index (χ1v) is 7.02. The first-order chi connectivity index (χ1) is 10.5. The maximum absolute atomic E-state index is 12.5. The molecule has 2 aliphatic heterocycles. The van der Waals surface area contributed by atoms with Gasteiger partial charge < -0.3 is 24.3 Å². The third-order valence-corrected chi connectivity index (χ3v) is 3.95. The quantitative estimate of drug-likeness (QED) is 0.771. The van der Waals surface area contributed by atoms with Gasteiger partial charge in [-0.05, 0) is 13.8 Å². The fourth-order valence-corrected chi connectivity index (χ4v) is 3.05. The van der Waals surface area contributed by atoms with Crippen LogP contribution >= 0.6 is 0 Å². The van der Waals surface area contributed by atoms with Crippen LogP contribution < -0.4 is 5.56 Å². The number of aliphatic hydroxyl groups excluding tert-OH is 1. The van der Waals surface area contributed by atoms with E-state index < -0.39 is 30.3 Å². The molecule has 2 fully saturated rings. The Morgan fingerprint density at radius 2 is 2.14 bits per heavy atom. The second-order valence-corrected chi connectivity index (χ2v) is 5.87. The highest BCUT2D eigenvalue weighted by molar-refractivity contribution is 5.67. The Kier molecular flexibility index (Phi) is 2.89. The van der Waals surface area contributed by atoms with Gasteiger partial charge in [-0.1, -0.05) is 0 Å². The molecule has 4 heterocycles. The molecule has 0 unspecified atom stereocenters. The molecule has 4 rings (SSSR count). The van der Waals surface area contributed by atoms with Crippen LogP contribution in [0.2, 0.25) is 0 Å². The van der Waals surface area contributed by atoms with Crippen molar-refractivity contribution in [2.75, 3.05) is 6.61 Å². The van der Waals surface area contributed by atoms with Crippen molar-refractivity contribution in [2.24, 2.45) is 0 Å². The standard InChI is InChI=1S/C13H16N4O5/c1-13(2)21-8-6(3-18)20-12(9(8)22-13)17-5-16-10-7(11(17)19)14-4-15-10/h4-6,8-9,12,18H,3H2,1-2H3,(H,14,15)/t6-,8-,9-,12-/m1/s1. The molecule has 118 valence electrons. The van der Waals surface area contributed by atoms with Crippen molar-refractivity contribution in [2.45, 2.75) is 44.2 Å². The summed E-state index contributed by atoms with van der Waals surface area (Å²) in [6.07, 6.45) is 0.595. The summed E-state index contributed by atoms with van der Waals surface area (Å²) in [5, 5.41) is 9.48. The summed E-state index contributed by atoms with van der Waals surface area (Å²) in [7, 11) is 0. The van der Waals surface area contributed by atoms with Crippen molar-refractivity contribution in [3.63, 3.8) is 0 Å². The largest absolute Gasteiger partial charge is 0.394 e. The zero-order valence-electron chi connectivity index (χ0n) is 12.1. The Bertz CT molecular complexity index is 769. The molecular weight excluding hydrogens is 292 g/mol. The number of ether oxygens (including phenoxy) is 3. The second-order valence-electron chi connectivity index (χ2n) is 5.87. The number of imidazole rings is 1. The van der Waals surface area contributed by atoms with Gasteiger partial charge in [-0.25, -0.2) is 9.97 Å². The van der Waals surface area contributed by atoms with E-state index in [4.69, 9.17) is 14.2 Å². The van der Waals surface area contributed by atoms with Gasteiger partial charge in [-0.15, -0.1) is 0 Å². The van der Waals surface area contributed by atoms with E-state index in [1.54, 1.807) is 13.8 Å². The predicted molar refractivity (Wildman–Crippen MR) is 73.0 cm³/mol. The van der Waals surface area contributed by atoms with Gasteiger partial charge in [-0.3, -0.25) is 9.36 Å². The number of hydrogen-bond donors (Lipinski definition) is 2. The number of nitrogens with zero attached hydrogens (tertiary/aromatic N) is 3. The summed E-state index contributed by atoms with van der Waals surface area (Å²) in [6, 6.07) is 0. The Balaban J connectivity index is 1.77. The smallest absolute Gasteiger partial charge is 0.281 e. The minimum absolute atomic E-state index is 0.217. The van der Waals surface area contributed by atoms with Crippen LogP contribution in [0.25, 0.3) is 11.2 Å². The fourth-order valence-electron chi connectivity index (χ4n) is 3.05. The second kappa shape index (κ2) is 4.59. The minimum Gasteiger partial charge on any atom is -0.394 e. The van der Waals surface area contributed by atoms with Crippen molar-refractivity contribution < 1.29 is 19.3 Å². The van der Waals surface area contributed by atoms with Crippen LogP contribution in [0.3, 0.4) is 0 Å². The topological polar surface area (TPSA) is 111 Å². The molecule has 2 N–H and O–H groups in total. The molecule has 0 bridgehead atoms. The van der Waals surface area contributed by atoms with Crippen molar-refractivity contribution >= 4 is 11.2 Å². The lowest BCUT2D eigenvalue weighted by atomic mass is 10.1. The highest BCUT2D eigenvalue weighted by atomic mass is 16.8. The van der Waals surface area contributed by atoms with Gasteiger partial charge in [0.2, 0.25) is 0 Å². The molecule has 0 saturated carbocycles. The minimum atomic E-state index is -0.792. The molecule has 2 aliphatic rings. The van der Waals surface area contributed by atoms with Crippen LogP contribution in [0.1, 0.15) is 20.1 Å². The van der Waals surface area contributed by atoms with E-state index in [1.807, 2.05) is 0 Å². The van der Waals surface area contributed by atoms with Gasteiger partial charge in [0, 0.05) is 0 Å². The molecule has 2 aromatic rings.